The second-order valence-corrected chi connectivity index (χ2v) is 6.47. The number of carbonyl (C=O) groups is 2. The van der Waals surface area contributed by atoms with Crippen molar-refractivity contribution in [3.05, 3.63) is 53.3 Å². The number of amides is 1. The highest BCUT2D eigenvalue weighted by atomic mass is 16.4. The smallest absolute Gasteiger partial charge is 0.303 e. The maximum atomic E-state index is 13.1. The first-order chi connectivity index (χ1) is 11.5. The summed E-state index contributed by atoms with van der Waals surface area (Å²) in [6.45, 7) is 2.53. The lowest BCUT2D eigenvalue weighted by molar-refractivity contribution is -0.137. The lowest BCUT2D eigenvalue weighted by atomic mass is 9.89. The van der Waals surface area contributed by atoms with Gasteiger partial charge in [0.05, 0.1) is 0 Å². The van der Waals surface area contributed by atoms with Gasteiger partial charge in [-0.05, 0) is 49.4 Å². The van der Waals surface area contributed by atoms with E-state index in [1.807, 2.05) is 54.9 Å². The third-order valence-corrected chi connectivity index (χ3v) is 4.84. The van der Waals surface area contributed by atoms with Crippen molar-refractivity contribution in [1.82, 2.24) is 4.57 Å². The number of carboxylic acid groups (broad SMARTS) is 1. The molecule has 2 aromatic rings. The molecule has 3 rings (SSSR count). The largest absolute Gasteiger partial charge is 0.481 e. The standard InChI is InChI=1S/C19H22N2O3/c1-13-7-9-17(20(13)2)19(24)21-12-14(8-10-18(22)23)11-15-5-3-4-6-16(15)21/h3-7,9,14H,8,10-12H2,1-2H3,(H,22,23). The zero-order chi connectivity index (χ0) is 17.3. The van der Waals surface area contributed by atoms with Crippen LogP contribution in [0.2, 0.25) is 0 Å². The predicted molar refractivity (Wildman–Crippen MR) is 92.3 cm³/mol. The van der Waals surface area contributed by atoms with Gasteiger partial charge < -0.3 is 14.6 Å². The number of aryl methyl sites for hydroxylation is 1. The Balaban J connectivity index is 1.91. The summed E-state index contributed by atoms with van der Waals surface area (Å²) in [4.78, 5) is 25.8. The van der Waals surface area contributed by atoms with Crippen molar-refractivity contribution < 1.29 is 14.7 Å². The van der Waals surface area contributed by atoms with Gasteiger partial charge in [0, 0.05) is 31.4 Å². The Bertz CT molecular complexity index is 779. The van der Waals surface area contributed by atoms with E-state index in [4.69, 9.17) is 5.11 Å². The summed E-state index contributed by atoms with van der Waals surface area (Å²) in [5, 5.41) is 8.95. The molecule has 5 heteroatoms. The Morgan fingerprint density at radius 2 is 1.96 bits per heavy atom. The van der Waals surface area contributed by atoms with Crippen molar-refractivity contribution in [1.29, 1.82) is 0 Å². The van der Waals surface area contributed by atoms with Crippen molar-refractivity contribution in [2.24, 2.45) is 13.0 Å². The number of rotatable bonds is 4. The number of hydrogen-bond acceptors (Lipinski definition) is 2. The van der Waals surface area contributed by atoms with Crippen LogP contribution in [0.15, 0.2) is 36.4 Å². The van der Waals surface area contributed by atoms with Gasteiger partial charge in [0.2, 0.25) is 0 Å². The number of aliphatic carboxylic acids is 1. The van der Waals surface area contributed by atoms with Gasteiger partial charge in [0.25, 0.3) is 5.91 Å². The highest BCUT2D eigenvalue weighted by Gasteiger charge is 2.30. The van der Waals surface area contributed by atoms with E-state index < -0.39 is 5.97 Å². The van der Waals surface area contributed by atoms with Crippen LogP contribution >= 0.6 is 0 Å². The molecule has 1 atom stereocenters. The van der Waals surface area contributed by atoms with Crippen LogP contribution in [0.1, 0.15) is 34.6 Å². The second-order valence-electron chi connectivity index (χ2n) is 6.47. The Kier molecular flexibility index (Phi) is 4.42. The average Bonchev–Trinajstić information content (AvgIpc) is 2.91. The highest BCUT2D eigenvalue weighted by Crippen LogP contribution is 2.32. The Morgan fingerprint density at radius 1 is 1.21 bits per heavy atom. The van der Waals surface area contributed by atoms with Gasteiger partial charge >= 0.3 is 5.97 Å². The monoisotopic (exact) mass is 326 g/mol. The number of hydrogen-bond donors (Lipinski definition) is 1. The predicted octanol–water partition coefficient (Wildman–Crippen LogP) is 3.02. The zero-order valence-electron chi connectivity index (χ0n) is 14.0. The Labute approximate surface area is 141 Å². The number of fused-ring (bicyclic) bond motifs is 1. The fourth-order valence-corrected chi connectivity index (χ4v) is 3.36. The molecule has 1 N–H and O–H groups in total. The fourth-order valence-electron chi connectivity index (χ4n) is 3.36. The van der Waals surface area contributed by atoms with Gasteiger partial charge in [-0.2, -0.15) is 0 Å². The molecular weight excluding hydrogens is 304 g/mol. The Morgan fingerprint density at radius 3 is 2.62 bits per heavy atom. The van der Waals surface area contributed by atoms with Crippen LogP contribution in [0.3, 0.4) is 0 Å². The number of benzene rings is 1. The highest BCUT2D eigenvalue weighted by molar-refractivity contribution is 6.06. The van der Waals surface area contributed by atoms with Crippen LogP contribution in [-0.2, 0) is 18.3 Å². The summed E-state index contributed by atoms with van der Waals surface area (Å²) in [7, 11) is 1.89. The van der Waals surface area contributed by atoms with E-state index >= 15 is 0 Å². The summed E-state index contributed by atoms with van der Waals surface area (Å²) >= 11 is 0. The first-order valence-electron chi connectivity index (χ1n) is 8.21. The molecule has 1 aliphatic heterocycles. The number of carbonyl (C=O) groups excluding carboxylic acids is 1. The third-order valence-electron chi connectivity index (χ3n) is 4.84. The molecule has 0 radical (unpaired) electrons. The topological polar surface area (TPSA) is 62.5 Å². The number of carboxylic acids is 1. The van der Waals surface area contributed by atoms with Crippen LogP contribution < -0.4 is 4.90 Å². The normalized spacial score (nSPS) is 16.8. The van der Waals surface area contributed by atoms with Gasteiger partial charge in [-0.15, -0.1) is 0 Å². The quantitative estimate of drug-likeness (QED) is 0.939. The molecule has 2 heterocycles. The van der Waals surface area contributed by atoms with Crippen LogP contribution in [0.5, 0.6) is 0 Å². The SMILES string of the molecule is Cc1ccc(C(=O)N2CC(CCC(=O)O)Cc3ccccc32)n1C. The molecule has 126 valence electrons. The minimum atomic E-state index is -0.787. The maximum Gasteiger partial charge on any atom is 0.303 e. The van der Waals surface area contributed by atoms with E-state index in [0.717, 1.165) is 23.4 Å². The van der Waals surface area contributed by atoms with Crippen molar-refractivity contribution in [2.45, 2.75) is 26.2 Å². The van der Waals surface area contributed by atoms with E-state index in [2.05, 4.69) is 0 Å². The maximum absolute atomic E-state index is 13.1. The summed E-state index contributed by atoms with van der Waals surface area (Å²) in [5.41, 5.74) is 3.73. The molecular formula is C19H22N2O3. The van der Waals surface area contributed by atoms with Crippen LogP contribution in [-0.4, -0.2) is 28.1 Å². The van der Waals surface area contributed by atoms with Gasteiger partial charge in [0.1, 0.15) is 5.69 Å². The number of nitrogens with zero attached hydrogens (tertiary/aromatic N) is 2. The molecule has 0 spiro atoms. The van der Waals surface area contributed by atoms with Gasteiger partial charge in [-0.25, -0.2) is 0 Å². The van der Waals surface area contributed by atoms with Crippen LogP contribution in [0, 0.1) is 12.8 Å². The molecule has 0 aliphatic carbocycles. The van der Waals surface area contributed by atoms with Gasteiger partial charge in [-0.3, -0.25) is 9.59 Å². The molecule has 0 bridgehead atoms. The molecule has 5 nitrogen and oxygen atoms in total. The van der Waals surface area contributed by atoms with Crippen molar-refractivity contribution in [3.63, 3.8) is 0 Å². The molecule has 0 saturated heterocycles. The number of aromatic nitrogens is 1. The van der Waals surface area contributed by atoms with E-state index in [1.165, 1.54) is 0 Å². The second kappa shape index (κ2) is 6.51. The summed E-state index contributed by atoms with van der Waals surface area (Å²) < 4.78 is 1.89. The number of anilines is 1. The Hall–Kier alpha value is -2.56. The molecule has 1 aromatic heterocycles. The minimum Gasteiger partial charge on any atom is -0.481 e. The van der Waals surface area contributed by atoms with Crippen molar-refractivity contribution >= 4 is 17.6 Å². The molecule has 0 saturated carbocycles. The lowest BCUT2D eigenvalue weighted by Crippen LogP contribution is -2.41. The first kappa shape index (κ1) is 16.3. The van der Waals surface area contributed by atoms with E-state index in [0.29, 0.717) is 18.7 Å². The molecule has 1 aliphatic rings. The first-order valence-corrected chi connectivity index (χ1v) is 8.21. The average molecular weight is 326 g/mol. The molecule has 1 amide bonds. The minimum absolute atomic E-state index is 0.0296. The van der Waals surface area contributed by atoms with E-state index in [9.17, 15) is 9.59 Å². The summed E-state index contributed by atoms with van der Waals surface area (Å²) in [6.07, 6.45) is 1.54. The van der Waals surface area contributed by atoms with Crippen molar-refractivity contribution in [2.75, 3.05) is 11.4 Å². The molecule has 1 unspecified atom stereocenters. The fraction of sp³-hybridized carbons (Fsp3) is 0.368. The van der Waals surface area contributed by atoms with E-state index in [-0.39, 0.29) is 18.2 Å². The van der Waals surface area contributed by atoms with E-state index in [1.54, 1.807) is 4.90 Å². The third kappa shape index (κ3) is 3.07. The summed E-state index contributed by atoms with van der Waals surface area (Å²) in [6, 6.07) is 11.7. The number of para-hydroxylation sites is 1. The zero-order valence-corrected chi connectivity index (χ0v) is 14.0. The summed E-state index contributed by atoms with van der Waals surface area (Å²) in [5.74, 6) is -0.649. The molecule has 0 fully saturated rings. The molecule has 24 heavy (non-hydrogen) atoms. The van der Waals surface area contributed by atoms with Gasteiger partial charge in [0.15, 0.2) is 0 Å². The van der Waals surface area contributed by atoms with Crippen molar-refractivity contribution in [3.8, 4) is 0 Å². The van der Waals surface area contributed by atoms with Crippen LogP contribution in [0.25, 0.3) is 0 Å². The van der Waals surface area contributed by atoms with Gasteiger partial charge in [-0.1, -0.05) is 18.2 Å². The van der Waals surface area contributed by atoms with Crippen LogP contribution in [0.4, 0.5) is 5.69 Å². The lowest BCUT2D eigenvalue weighted by Gasteiger charge is -2.34. The molecule has 1 aromatic carbocycles.